The van der Waals surface area contributed by atoms with E-state index in [0.29, 0.717) is 22.7 Å². The minimum Gasteiger partial charge on any atom is -0.348 e. The van der Waals surface area contributed by atoms with Crippen molar-refractivity contribution in [2.75, 3.05) is 13.2 Å². The zero-order valence-electron chi connectivity index (χ0n) is 21.7. The summed E-state index contributed by atoms with van der Waals surface area (Å²) in [6.45, 7) is 16.4. The Morgan fingerprint density at radius 3 is 2.34 bits per heavy atom. The van der Waals surface area contributed by atoms with Crippen LogP contribution < -0.4 is 0 Å². The fraction of sp³-hybridized carbons (Fsp3) is 0.867. The van der Waals surface area contributed by atoms with Crippen LogP contribution in [0.25, 0.3) is 0 Å². The summed E-state index contributed by atoms with van der Waals surface area (Å²) in [6, 6.07) is 0. The van der Waals surface area contributed by atoms with Gasteiger partial charge in [0.05, 0.1) is 13.2 Å². The van der Waals surface area contributed by atoms with E-state index in [9.17, 15) is 0 Å². The Bertz CT molecular complexity index is 772. The maximum Gasteiger partial charge on any atom is 0.168 e. The Kier molecular flexibility index (Phi) is 5.98. The highest BCUT2D eigenvalue weighted by Gasteiger charge is 2.58. The predicted octanol–water partition coefficient (Wildman–Crippen LogP) is 7.94. The van der Waals surface area contributed by atoms with Crippen molar-refractivity contribution in [2.24, 2.45) is 46.3 Å². The summed E-state index contributed by atoms with van der Waals surface area (Å²) in [6.07, 6.45) is 16.9. The third-order valence-electron chi connectivity index (χ3n) is 11.3. The number of rotatable bonds is 4. The molecular formula is C30H48O2. The summed E-state index contributed by atoms with van der Waals surface area (Å²) < 4.78 is 12.3. The van der Waals surface area contributed by atoms with Gasteiger partial charge in [0.15, 0.2) is 5.79 Å². The number of hydrogen-bond donors (Lipinski definition) is 0. The molecular weight excluding hydrogens is 392 g/mol. The van der Waals surface area contributed by atoms with Crippen molar-refractivity contribution in [1.82, 2.24) is 0 Å². The quantitative estimate of drug-likeness (QED) is 0.413. The zero-order chi connectivity index (χ0) is 22.7. The molecule has 7 atom stereocenters. The molecule has 2 heteroatoms. The predicted molar refractivity (Wildman–Crippen MR) is 132 cm³/mol. The molecule has 0 bridgehead atoms. The Labute approximate surface area is 197 Å². The van der Waals surface area contributed by atoms with Gasteiger partial charge in [0, 0.05) is 12.8 Å². The second kappa shape index (κ2) is 8.26. The van der Waals surface area contributed by atoms with E-state index >= 15 is 0 Å². The highest BCUT2D eigenvalue weighted by atomic mass is 16.7. The van der Waals surface area contributed by atoms with Crippen LogP contribution in [0.15, 0.2) is 23.3 Å². The number of ether oxygens (including phenoxy) is 2. The minimum atomic E-state index is -0.237. The van der Waals surface area contributed by atoms with Crippen LogP contribution in [-0.4, -0.2) is 19.0 Å². The SMILES string of the molecule is CC(/C=C/[C@H](C)C(C)C)C1CCC2C3=C(CC[C@@]21C)[C@@]1(C)CCC2(CC1CC3)OCCO2. The molecule has 0 amide bonds. The maximum atomic E-state index is 6.15. The van der Waals surface area contributed by atoms with E-state index in [2.05, 4.69) is 53.7 Å². The van der Waals surface area contributed by atoms with Crippen LogP contribution in [0.1, 0.15) is 99.3 Å². The first kappa shape index (κ1) is 23.2. The molecule has 0 aromatic heterocycles. The average Bonchev–Trinajstić information content (AvgIpc) is 3.36. The molecule has 4 aliphatic carbocycles. The summed E-state index contributed by atoms with van der Waals surface area (Å²) in [5.74, 6) is 4.30. The van der Waals surface area contributed by atoms with E-state index in [0.717, 1.165) is 49.7 Å². The van der Waals surface area contributed by atoms with Crippen LogP contribution in [-0.2, 0) is 9.47 Å². The monoisotopic (exact) mass is 440 g/mol. The van der Waals surface area contributed by atoms with Crippen LogP contribution in [0.4, 0.5) is 0 Å². The standard InChI is InChI=1S/C30H48O2/c1-20(2)21(3)7-8-22(4)25-11-12-26-24-10-9-23-19-30(31-17-18-32-30)16-15-28(23,5)27(24)13-14-29(25,26)6/h7-8,20-23,25-26H,9-19H2,1-6H3/b8-7+/t21-,22?,23?,25?,26?,28-,29+/m0/s1. The van der Waals surface area contributed by atoms with E-state index in [1.165, 1.54) is 44.9 Å². The molecule has 1 heterocycles. The summed E-state index contributed by atoms with van der Waals surface area (Å²) in [5, 5.41) is 0. The molecule has 0 N–H and O–H groups in total. The number of fused-ring (bicyclic) bond motifs is 4. The largest absolute Gasteiger partial charge is 0.348 e. The van der Waals surface area contributed by atoms with E-state index < -0.39 is 0 Å². The summed E-state index contributed by atoms with van der Waals surface area (Å²) >= 11 is 0. The van der Waals surface area contributed by atoms with Gasteiger partial charge in [-0.1, -0.05) is 64.8 Å². The van der Waals surface area contributed by atoms with Gasteiger partial charge in [0.25, 0.3) is 0 Å². The van der Waals surface area contributed by atoms with Crippen molar-refractivity contribution in [3.05, 3.63) is 23.3 Å². The van der Waals surface area contributed by atoms with Crippen LogP contribution in [0, 0.1) is 46.3 Å². The number of allylic oxidation sites excluding steroid dienone is 4. The average molecular weight is 441 g/mol. The van der Waals surface area contributed by atoms with Gasteiger partial charge in [0.1, 0.15) is 0 Å². The lowest BCUT2D eigenvalue weighted by molar-refractivity contribution is -0.204. The molecule has 5 rings (SSSR count). The minimum absolute atomic E-state index is 0.237. The third-order valence-corrected chi connectivity index (χ3v) is 11.3. The van der Waals surface area contributed by atoms with Gasteiger partial charge in [-0.25, -0.2) is 0 Å². The number of hydrogen-bond acceptors (Lipinski definition) is 2. The van der Waals surface area contributed by atoms with Gasteiger partial charge in [-0.05, 0) is 91.3 Å². The maximum absolute atomic E-state index is 6.15. The van der Waals surface area contributed by atoms with E-state index in [1.807, 2.05) is 11.1 Å². The second-order valence-electron chi connectivity index (χ2n) is 13.1. The second-order valence-corrected chi connectivity index (χ2v) is 13.1. The topological polar surface area (TPSA) is 18.5 Å². The molecule has 32 heavy (non-hydrogen) atoms. The van der Waals surface area contributed by atoms with Crippen molar-refractivity contribution < 1.29 is 9.47 Å². The van der Waals surface area contributed by atoms with Gasteiger partial charge in [-0.3, -0.25) is 0 Å². The third kappa shape index (κ3) is 3.58. The first-order valence-electron chi connectivity index (χ1n) is 13.9. The fourth-order valence-electron chi connectivity index (χ4n) is 8.77. The molecule has 1 aliphatic heterocycles. The molecule has 0 aromatic rings. The van der Waals surface area contributed by atoms with Gasteiger partial charge in [0.2, 0.25) is 0 Å². The Morgan fingerprint density at radius 2 is 1.62 bits per heavy atom. The van der Waals surface area contributed by atoms with Crippen LogP contribution in [0.2, 0.25) is 0 Å². The normalized spacial score (nSPS) is 42.9. The Morgan fingerprint density at radius 1 is 0.875 bits per heavy atom. The lowest BCUT2D eigenvalue weighted by atomic mass is 9.50. The molecule has 2 nitrogen and oxygen atoms in total. The molecule has 3 fully saturated rings. The first-order chi connectivity index (χ1) is 15.2. The van der Waals surface area contributed by atoms with Crippen LogP contribution >= 0.6 is 0 Å². The first-order valence-corrected chi connectivity index (χ1v) is 13.9. The fourth-order valence-corrected chi connectivity index (χ4v) is 8.77. The van der Waals surface area contributed by atoms with Crippen molar-refractivity contribution in [2.45, 2.75) is 105 Å². The molecule has 0 radical (unpaired) electrons. The molecule has 4 unspecified atom stereocenters. The van der Waals surface area contributed by atoms with Crippen molar-refractivity contribution >= 4 is 0 Å². The Hall–Kier alpha value is -0.600. The van der Waals surface area contributed by atoms with Crippen LogP contribution in [0.3, 0.4) is 0 Å². The van der Waals surface area contributed by atoms with Crippen LogP contribution in [0.5, 0.6) is 0 Å². The van der Waals surface area contributed by atoms with E-state index in [-0.39, 0.29) is 5.79 Å². The highest BCUT2D eigenvalue weighted by Crippen LogP contribution is 2.66. The summed E-state index contributed by atoms with van der Waals surface area (Å²) in [7, 11) is 0. The highest BCUT2D eigenvalue weighted by molar-refractivity contribution is 5.35. The van der Waals surface area contributed by atoms with Crippen molar-refractivity contribution in [3.8, 4) is 0 Å². The lowest BCUT2D eigenvalue weighted by Crippen LogP contribution is -2.49. The van der Waals surface area contributed by atoms with E-state index in [4.69, 9.17) is 9.47 Å². The van der Waals surface area contributed by atoms with Gasteiger partial charge >= 0.3 is 0 Å². The molecule has 2 saturated carbocycles. The van der Waals surface area contributed by atoms with Crippen molar-refractivity contribution in [1.29, 1.82) is 0 Å². The summed E-state index contributed by atoms with van der Waals surface area (Å²) in [4.78, 5) is 0. The molecule has 1 spiro atoms. The Balaban J connectivity index is 1.36. The zero-order valence-corrected chi connectivity index (χ0v) is 21.7. The molecule has 5 aliphatic rings. The molecule has 180 valence electrons. The van der Waals surface area contributed by atoms with Crippen molar-refractivity contribution in [3.63, 3.8) is 0 Å². The van der Waals surface area contributed by atoms with Gasteiger partial charge in [-0.15, -0.1) is 0 Å². The summed E-state index contributed by atoms with van der Waals surface area (Å²) in [5.41, 5.74) is 4.70. The van der Waals surface area contributed by atoms with Gasteiger partial charge < -0.3 is 9.47 Å². The smallest absolute Gasteiger partial charge is 0.168 e. The molecule has 1 saturated heterocycles. The lowest BCUT2D eigenvalue weighted by Gasteiger charge is -2.56. The van der Waals surface area contributed by atoms with E-state index in [1.54, 1.807) is 0 Å². The van der Waals surface area contributed by atoms with Gasteiger partial charge in [-0.2, -0.15) is 0 Å². The molecule has 0 aromatic carbocycles.